The molecule has 0 bridgehead atoms. The minimum Gasteiger partial charge on any atom is -0.405 e. The molecule has 0 amide bonds. The van der Waals surface area contributed by atoms with Crippen molar-refractivity contribution in [3.8, 4) is 11.8 Å². The first-order valence-electron chi connectivity index (χ1n) is 6.00. The Morgan fingerprint density at radius 2 is 1.95 bits per heavy atom. The first-order chi connectivity index (χ1) is 8.99. The molecule has 1 saturated heterocycles. The van der Waals surface area contributed by atoms with Crippen LogP contribution < -0.4 is 10.1 Å². The zero-order valence-corrected chi connectivity index (χ0v) is 10.1. The molecule has 3 nitrogen and oxygen atoms in total. The summed E-state index contributed by atoms with van der Waals surface area (Å²) >= 11 is 0. The van der Waals surface area contributed by atoms with Gasteiger partial charge in [-0.3, -0.25) is 0 Å². The summed E-state index contributed by atoms with van der Waals surface area (Å²) in [6.45, 7) is 1.55. The molecule has 0 radical (unpaired) electrons. The van der Waals surface area contributed by atoms with Crippen LogP contribution in [0.4, 0.5) is 13.2 Å². The number of rotatable bonds is 2. The predicted molar refractivity (Wildman–Crippen MR) is 62.7 cm³/mol. The lowest BCUT2D eigenvalue weighted by Gasteiger charge is -2.25. The van der Waals surface area contributed by atoms with Crippen LogP contribution in [0.15, 0.2) is 18.2 Å². The van der Waals surface area contributed by atoms with Crippen molar-refractivity contribution >= 4 is 0 Å². The van der Waals surface area contributed by atoms with E-state index in [9.17, 15) is 13.2 Å². The number of hydrogen-bond acceptors (Lipinski definition) is 3. The van der Waals surface area contributed by atoms with Crippen molar-refractivity contribution < 1.29 is 17.9 Å². The molecule has 1 aliphatic rings. The van der Waals surface area contributed by atoms with Crippen LogP contribution in [0.25, 0.3) is 0 Å². The molecule has 0 atom stereocenters. The molecule has 1 fully saturated rings. The smallest absolute Gasteiger partial charge is 0.405 e. The van der Waals surface area contributed by atoms with Gasteiger partial charge < -0.3 is 10.1 Å². The van der Waals surface area contributed by atoms with Crippen LogP contribution in [0.3, 0.4) is 0 Å². The topological polar surface area (TPSA) is 45.0 Å². The van der Waals surface area contributed by atoms with Crippen molar-refractivity contribution in [2.24, 2.45) is 0 Å². The molecule has 6 heteroatoms. The SMILES string of the molecule is N#Cc1ccc(C2CCNCC2)c(OC(F)(F)F)c1. The number of piperidine rings is 1. The Morgan fingerprint density at radius 3 is 2.53 bits per heavy atom. The van der Waals surface area contributed by atoms with Gasteiger partial charge in [0.05, 0.1) is 11.6 Å². The van der Waals surface area contributed by atoms with Gasteiger partial charge in [0.1, 0.15) is 5.75 Å². The second-order valence-electron chi connectivity index (χ2n) is 4.44. The second-order valence-corrected chi connectivity index (χ2v) is 4.44. The Kier molecular flexibility index (Phi) is 3.96. The third-order valence-corrected chi connectivity index (χ3v) is 3.15. The minimum atomic E-state index is -4.74. The van der Waals surface area contributed by atoms with Gasteiger partial charge in [-0.1, -0.05) is 6.07 Å². The summed E-state index contributed by atoms with van der Waals surface area (Å²) in [6, 6.07) is 6.07. The van der Waals surface area contributed by atoms with E-state index in [4.69, 9.17) is 5.26 Å². The van der Waals surface area contributed by atoms with Gasteiger partial charge in [0, 0.05) is 0 Å². The van der Waals surface area contributed by atoms with Crippen LogP contribution in [-0.4, -0.2) is 19.5 Å². The maximum absolute atomic E-state index is 12.4. The van der Waals surface area contributed by atoms with Gasteiger partial charge in [0.15, 0.2) is 0 Å². The van der Waals surface area contributed by atoms with Crippen molar-refractivity contribution in [2.75, 3.05) is 13.1 Å². The van der Waals surface area contributed by atoms with Gasteiger partial charge in [0.2, 0.25) is 0 Å². The fraction of sp³-hybridized carbons (Fsp3) is 0.462. The van der Waals surface area contributed by atoms with Crippen LogP contribution in [-0.2, 0) is 0 Å². The highest BCUT2D eigenvalue weighted by Crippen LogP contribution is 2.36. The molecule has 1 aliphatic heterocycles. The molecule has 0 spiro atoms. The van der Waals surface area contributed by atoms with E-state index in [1.807, 2.05) is 6.07 Å². The van der Waals surface area contributed by atoms with Crippen LogP contribution >= 0.6 is 0 Å². The van der Waals surface area contributed by atoms with Gasteiger partial charge in [0.25, 0.3) is 0 Å². The highest BCUT2D eigenvalue weighted by atomic mass is 19.4. The maximum atomic E-state index is 12.4. The van der Waals surface area contributed by atoms with Crippen LogP contribution in [0.2, 0.25) is 0 Å². The zero-order chi connectivity index (χ0) is 13.9. The van der Waals surface area contributed by atoms with Crippen molar-refractivity contribution in [3.63, 3.8) is 0 Å². The number of halogens is 3. The van der Waals surface area contributed by atoms with E-state index < -0.39 is 6.36 Å². The Balaban J connectivity index is 2.33. The van der Waals surface area contributed by atoms with E-state index in [1.165, 1.54) is 6.07 Å². The summed E-state index contributed by atoms with van der Waals surface area (Å²) in [5.74, 6) is -0.218. The number of ether oxygens (including phenoxy) is 1. The average Bonchev–Trinajstić information content (AvgIpc) is 2.38. The summed E-state index contributed by atoms with van der Waals surface area (Å²) in [4.78, 5) is 0. The molecule has 1 aromatic rings. The van der Waals surface area contributed by atoms with Gasteiger partial charge in [-0.05, 0) is 49.5 Å². The number of nitriles is 1. The molecule has 2 rings (SSSR count). The second kappa shape index (κ2) is 5.49. The summed E-state index contributed by atoms with van der Waals surface area (Å²) in [6.07, 6.45) is -3.21. The predicted octanol–water partition coefficient (Wildman–Crippen LogP) is 2.92. The van der Waals surface area contributed by atoms with E-state index in [0.29, 0.717) is 5.56 Å². The number of hydrogen-bond donors (Lipinski definition) is 1. The Morgan fingerprint density at radius 1 is 1.26 bits per heavy atom. The van der Waals surface area contributed by atoms with Crippen molar-refractivity contribution in [1.82, 2.24) is 5.32 Å². The highest BCUT2D eigenvalue weighted by Gasteiger charge is 2.33. The summed E-state index contributed by atoms with van der Waals surface area (Å²) in [5.41, 5.74) is 0.690. The Labute approximate surface area is 109 Å². The Bertz CT molecular complexity index is 488. The fourth-order valence-corrected chi connectivity index (χ4v) is 2.29. The monoisotopic (exact) mass is 270 g/mol. The summed E-state index contributed by atoms with van der Waals surface area (Å²) in [7, 11) is 0. The molecular formula is C13H13F3N2O. The summed E-state index contributed by atoms with van der Waals surface area (Å²) < 4.78 is 41.3. The van der Waals surface area contributed by atoms with E-state index in [2.05, 4.69) is 10.1 Å². The van der Waals surface area contributed by atoms with Crippen LogP contribution in [0.5, 0.6) is 5.75 Å². The molecular weight excluding hydrogens is 257 g/mol. The Hall–Kier alpha value is -1.74. The third-order valence-electron chi connectivity index (χ3n) is 3.15. The normalized spacial score (nSPS) is 16.9. The molecule has 0 aliphatic carbocycles. The van der Waals surface area contributed by atoms with Crippen LogP contribution in [0.1, 0.15) is 29.9 Å². The van der Waals surface area contributed by atoms with Crippen LogP contribution in [0, 0.1) is 11.3 Å². The van der Waals surface area contributed by atoms with Crippen molar-refractivity contribution in [2.45, 2.75) is 25.1 Å². The number of benzene rings is 1. The fourth-order valence-electron chi connectivity index (χ4n) is 2.29. The molecule has 1 heterocycles. The molecule has 0 saturated carbocycles. The lowest BCUT2D eigenvalue weighted by molar-refractivity contribution is -0.275. The number of nitrogens with zero attached hydrogens (tertiary/aromatic N) is 1. The lowest BCUT2D eigenvalue weighted by Crippen LogP contribution is -2.27. The molecule has 19 heavy (non-hydrogen) atoms. The van der Waals surface area contributed by atoms with E-state index >= 15 is 0 Å². The quantitative estimate of drug-likeness (QED) is 0.898. The molecule has 0 aromatic heterocycles. The van der Waals surface area contributed by atoms with Gasteiger partial charge in [-0.25, -0.2) is 0 Å². The number of nitrogens with one attached hydrogen (secondary N) is 1. The number of alkyl halides is 3. The average molecular weight is 270 g/mol. The minimum absolute atomic E-state index is 0.0337. The van der Waals surface area contributed by atoms with Gasteiger partial charge >= 0.3 is 6.36 Å². The molecule has 102 valence electrons. The molecule has 0 unspecified atom stereocenters. The van der Waals surface area contributed by atoms with Gasteiger partial charge in [-0.2, -0.15) is 5.26 Å². The molecule has 1 aromatic carbocycles. The maximum Gasteiger partial charge on any atom is 0.573 e. The van der Waals surface area contributed by atoms with Gasteiger partial charge in [-0.15, -0.1) is 13.2 Å². The van der Waals surface area contributed by atoms with E-state index in [0.717, 1.165) is 32.0 Å². The molecule has 1 N–H and O–H groups in total. The van der Waals surface area contributed by atoms with Crippen molar-refractivity contribution in [1.29, 1.82) is 5.26 Å². The van der Waals surface area contributed by atoms with E-state index in [1.54, 1.807) is 6.07 Å². The highest BCUT2D eigenvalue weighted by molar-refractivity contribution is 5.44. The summed E-state index contributed by atoms with van der Waals surface area (Å²) in [5, 5.41) is 11.9. The first kappa shape index (κ1) is 13.7. The lowest BCUT2D eigenvalue weighted by atomic mass is 9.89. The largest absolute Gasteiger partial charge is 0.573 e. The third kappa shape index (κ3) is 3.61. The standard InChI is InChI=1S/C13H13F3N2O/c14-13(15,16)19-12-7-9(8-17)1-2-11(12)10-3-5-18-6-4-10/h1-2,7,10,18H,3-6H2. The van der Waals surface area contributed by atoms with Crippen molar-refractivity contribution in [3.05, 3.63) is 29.3 Å². The first-order valence-corrected chi connectivity index (χ1v) is 6.00. The van der Waals surface area contributed by atoms with E-state index in [-0.39, 0.29) is 17.2 Å². The zero-order valence-electron chi connectivity index (χ0n) is 10.1.